The van der Waals surface area contributed by atoms with Crippen LogP contribution in [0.15, 0.2) is 23.1 Å². The average Bonchev–Trinajstić information content (AvgIpc) is 2.39. The molecule has 4 nitrogen and oxygen atoms in total. The van der Waals surface area contributed by atoms with Crippen LogP contribution < -0.4 is 10.0 Å². The van der Waals surface area contributed by atoms with Gasteiger partial charge in [0.25, 0.3) is 0 Å². The van der Waals surface area contributed by atoms with Gasteiger partial charge in [0.2, 0.25) is 10.0 Å². The van der Waals surface area contributed by atoms with Crippen LogP contribution >= 0.6 is 0 Å². The first-order valence-corrected chi connectivity index (χ1v) is 8.19. The fourth-order valence-corrected chi connectivity index (χ4v) is 3.74. The van der Waals surface area contributed by atoms with Gasteiger partial charge in [0.05, 0.1) is 10.5 Å². The van der Waals surface area contributed by atoms with Gasteiger partial charge in [-0.25, -0.2) is 17.5 Å². The van der Waals surface area contributed by atoms with E-state index in [0.717, 1.165) is 6.07 Å². The molecule has 2 unspecified atom stereocenters. The quantitative estimate of drug-likeness (QED) is 0.829. The number of nitrogens with one attached hydrogen (secondary N) is 2. The van der Waals surface area contributed by atoms with E-state index in [4.69, 9.17) is 0 Å². The van der Waals surface area contributed by atoms with Gasteiger partial charge < -0.3 is 5.32 Å². The van der Waals surface area contributed by atoms with Crippen LogP contribution in [0.4, 0.5) is 17.6 Å². The molecule has 1 saturated heterocycles. The largest absolute Gasteiger partial charge is 0.419 e. The van der Waals surface area contributed by atoms with E-state index in [0.29, 0.717) is 31.6 Å². The summed E-state index contributed by atoms with van der Waals surface area (Å²) in [7, 11) is -4.06. The molecule has 1 heterocycles. The fourth-order valence-electron chi connectivity index (χ4n) is 2.35. The van der Waals surface area contributed by atoms with E-state index in [1.165, 1.54) is 0 Å². The standard InChI is InChI=1S/C13H16F4N2O2S/c1-8-7-18-5-4-12(8)19-22(20,21)9-2-3-10(11(14)6-9)13(15,16)17/h2-3,6,8,12,18-19H,4-5,7H2,1H3. The highest BCUT2D eigenvalue weighted by Gasteiger charge is 2.35. The third-order valence-electron chi connectivity index (χ3n) is 3.65. The minimum Gasteiger partial charge on any atom is -0.316 e. The molecule has 0 bridgehead atoms. The van der Waals surface area contributed by atoms with Gasteiger partial charge in [0.15, 0.2) is 0 Å². The molecule has 0 spiro atoms. The summed E-state index contributed by atoms with van der Waals surface area (Å²) in [5.41, 5.74) is -1.48. The van der Waals surface area contributed by atoms with Crippen molar-refractivity contribution in [1.82, 2.24) is 10.0 Å². The summed E-state index contributed by atoms with van der Waals surface area (Å²) >= 11 is 0. The third kappa shape index (κ3) is 3.76. The Labute approximate surface area is 126 Å². The lowest BCUT2D eigenvalue weighted by Crippen LogP contribution is -2.48. The van der Waals surface area contributed by atoms with Gasteiger partial charge in [0, 0.05) is 6.04 Å². The van der Waals surface area contributed by atoms with Crippen molar-refractivity contribution in [2.24, 2.45) is 5.92 Å². The Morgan fingerprint density at radius 3 is 2.55 bits per heavy atom. The van der Waals surface area contributed by atoms with Gasteiger partial charge in [-0.1, -0.05) is 6.92 Å². The zero-order chi connectivity index (χ0) is 16.5. The molecular weight excluding hydrogens is 324 g/mol. The molecular formula is C13H16F4N2O2S. The molecule has 124 valence electrons. The summed E-state index contributed by atoms with van der Waals surface area (Å²) in [6, 6.07) is 1.27. The predicted molar refractivity (Wildman–Crippen MR) is 72.2 cm³/mol. The maximum Gasteiger partial charge on any atom is 0.419 e. The third-order valence-corrected chi connectivity index (χ3v) is 5.14. The summed E-state index contributed by atoms with van der Waals surface area (Å²) in [6.07, 6.45) is -4.30. The number of halogens is 4. The normalized spacial score (nSPS) is 23.5. The van der Waals surface area contributed by atoms with Crippen molar-refractivity contribution in [3.8, 4) is 0 Å². The van der Waals surface area contributed by atoms with Crippen LogP contribution in [0.2, 0.25) is 0 Å². The summed E-state index contributed by atoms with van der Waals surface area (Å²) in [5, 5.41) is 3.10. The molecule has 0 radical (unpaired) electrons. The predicted octanol–water partition coefficient (Wildman–Crippen LogP) is 2.12. The van der Waals surface area contributed by atoms with Crippen LogP contribution in [-0.4, -0.2) is 27.5 Å². The molecule has 1 aromatic carbocycles. The fraction of sp³-hybridized carbons (Fsp3) is 0.538. The molecule has 9 heteroatoms. The first-order chi connectivity index (χ1) is 10.1. The maximum absolute atomic E-state index is 13.5. The van der Waals surface area contributed by atoms with Crippen LogP contribution in [-0.2, 0) is 16.2 Å². The lowest BCUT2D eigenvalue weighted by molar-refractivity contribution is -0.140. The number of hydrogen-bond donors (Lipinski definition) is 2. The van der Waals surface area contributed by atoms with Crippen molar-refractivity contribution in [3.63, 3.8) is 0 Å². The van der Waals surface area contributed by atoms with Gasteiger partial charge in [-0.2, -0.15) is 13.2 Å². The minimum atomic E-state index is -4.86. The molecule has 22 heavy (non-hydrogen) atoms. The van der Waals surface area contributed by atoms with E-state index < -0.39 is 32.5 Å². The molecule has 0 saturated carbocycles. The Balaban J connectivity index is 2.24. The Morgan fingerprint density at radius 1 is 1.32 bits per heavy atom. The highest BCUT2D eigenvalue weighted by molar-refractivity contribution is 7.89. The number of alkyl halides is 3. The zero-order valence-corrected chi connectivity index (χ0v) is 12.6. The van der Waals surface area contributed by atoms with Crippen molar-refractivity contribution in [2.45, 2.75) is 30.5 Å². The number of benzene rings is 1. The molecule has 1 aromatic rings. The maximum atomic E-state index is 13.5. The molecule has 1 aliphatic rings. The second kappa shape index (κ2) is 6.13. The molecule has 2 atom stereocenters. The molecule has 2 rings (SSSR count). The minimum absolute atomic E-state index is 0.0304. The Morgan fingerprint density at radius 2 is 2.00 bits per heavy atom. The van der Waals surface area contributed by atoms with E-state index in [1.54, 1.807) is 0 Å². The first kappa shape index (κ1) is 17.2. The van der Waals surface area contributed by atoms with E-state index in [2.05, 4.69) is 10.0 Å². The van der Waals surface area contributed by atoms with Crippen LogP contribution in [0.3, 0.4) is 0 Å². The summed E-state index contributed by atoms with van der Waals surface area (Å²) < 4.78 is 77.8. The van der Waals surface area contributed by atoms with Crippen molar-refractivity contribution < 1.29 is 26.0 Å². The first-order valence-electron chi connectivity index (χ1n) is 6.71. The van der Waals surface area contributed by atoms with Crippen LogP contribution in [0.1, 0.15) is 18.9 Å². The smallest absolute Gasteiger partial charge is 0.316 e. The van der Waals surface area contributed by atoms with Crippen molar-refractivity contribution in [1.29, 1.82) is 0 Å². The molecule has 0 aromatic heterocycles. The highest BCUT2D eigenvalue weighted by Crippen LogP contribution is 2.32. The van der Waals surface area contributed by atoms with E-state index in [9.17, 15) is 26.0 Å². The number of rotatable bonds is 3. The van der Waals surface area contributed by atoms with Gasteiger partial charge in [-0.05, 0) is 43.6 Å². The SMILES string of the molecule is CC1CNCCC1NS(=O)(=O)c1ccc(C(F)(F)F)c(F)c1. The second-order valence-electron chi connectivity index (χ2n) is 5.34. The van der Waals surface area contributed by atoms with Crippen molar-refractivity contribution >= 4 is 10.0 Å². The summed E-state index contributed by atoms with van der Waals surface area (Å²) in [4.78, 5) is -0.510. The van der Waals surface area contributed by atoms with Crippen LogP contribution in [0.5, 0.6) is 0 Å². The van der Waals surface area contributed by atoms with Gasteiger partial charge in [-0.15, -0.1) is 0 Å². The Bertz CT molecular complexity index is 646. The number of sulfonamides is 1. The molecule has 1 aliphatic heterocycles. The molecule has 1 fully saturated rings. The second-order valence-corrected chi connectivity index (χ2v) is 7.05. The van der Waals surface area contributed by atoms with Crippen LogP contribution in [0, 0.1) is 11.7 Å². The Hall–Kier alpha value is -1.19. The lowest BCUT2D eigenvalue weighted by Gasteiger charge is -2.30. The Kier molecular flexibility index (Phi) is 4.78. The van der Waals surface area contributed by atoms with E-state index >= 15 is 0 Å². The number of piperidine rings is 1. The monoisotopic (exact) mass is 340 g/mol. The zero-order valence-electron chi connectivity index (χ0n) is 11.7. The molecule has 2 N–H and O–H groups in total. The summed E-state index contributed by atoms with van der Waals surface area (Å²) in [5.74, 6) is -1.57. The topological polar surface area (TPSA) is 58.2 Å². The van der Waals surface area contributed by atoms with Gasteiger partial charge in [-0.3, -0.25) is 0 Å². The number of hydrogen-bond acceptors (Lipinski definition) is 3. The van der Waals surface area contributed by atoms with Crippen molar-refractivity contribution in [2.75, 3.05) is 13.1 Å². The molecule has 0 aliphatic carbocycles. The highest BCUT2D eigenvalue weighted by atomic mass is 32.2. The van der Waals surface area contributed by atoms with Crippen LogP contribution in [0.25, 0.3) is 0 Å². The van der Waals surface area contributed by atoms with E-state index in [1.807, 2.05) is 6.92 Å². The average molecular weight is 340 g/mol. The van der Waals surface area contributed by atoms with Gasteiger partial charge >= 0.3 is 6.18 Å². The summed E-state index contributed by atoms with van der Waals surface area (Å²) in [6.45, 7) is 3.13. The van der Waals surface area contributed by atoms with E-state index in [-0.39, 0.29) is 12.0 Å². The van der Waals surface area contributed by atoms with Crippen molar-refractivity contribution in [3.05, 3.63) is 29.6 Å². The van der Waals surface area contributed by atoms with Gasteiger partial charge in [0.1, 0.15) is 5.82 Å². The molecule has 0 amide bonds. The lowest BCUT2D eigenvalue weighted by atomic mass is 9.97.